The highest BCUT2D eigenvalue weighted by Gasteiger charge is 2.26. The molecule has 0 unspecified atom stereocenters. The monoisotopic (exact) mass is 456 g/mol. The number of benzene rings is 2. The van der Waals surface area contributed by atoms with Crippen molar-refractivity contribution in [2.75, 3.05) is 44.2 Å². The summed E-state index contributed by atoms with van der Waals surface area (Å²) in [5.74, 6) is -0.798. The van der Waals surface area contributed by atoms with Crippen molar-refractivity contribution in [2.24, 2.45) is 0 Å². The molecule has 0 aliphatic carbocycles. The number of nitrogens with zero attached hydrogens (tertiary/aromatic N) is 3. The Morgan fingerprint density at radius 1 is 0.939 bits per heavy atom. The van der Waals surface area contributed by atoms with Gasteiger partial charge in [-0.05, 0) is 55.7 Å². The van der Waals surface area contributed by atoms with Gasteiger partial charge in [-0.15, -0.1) is 0 Å². The molecule has 2 heterocycles. The quantitative estimate of drug-likeness (QED) is 0.698. The number of piperidine rings is 1. The predicted molar refractivity (Wildman–Crippen MR) is 123 cm³/mol. The Balaban J connectivity index is 1.21. The van der Waals surface area contributed by atoms with Crippen LogP contribution in [0.2, 0.25) is 0 Å². The van der Waals surface area contributed by atoms with E-state index in [9.17, 15) is 18.4 Å². The van der Waals surface area contributed by atoms with E-state index in [2.05, 4.69) is 10.2 Å². The molecule has 176 valence electrons. The Labute approximate surface area is 193 Å². The molecular formula is C25H30F2N4O2. The zero-order valence-corrected chi connectivity index (χ0v) is 18.9. The number of ketones is 1. The average Bonchev–Trinajstić information content (AvgIpc) is 2.82. The highest BCUT2D eigenvalue weighted by molar-refractivity contribution is 5.94. The van der Waals surface area contributed by atoms with Gasteiger partial charge in [-0.2, -0.15) is 0 Å². The van der Waals surface area contributed by atoms with Crippen molar-refractivity contribution in [3.05, 3.63) is 65.2 Å². The summed E-state index contributed by atoms with van der Waals surface area (Å²) in [7, 11) is 0. The molecule has 0 saturated carbocycles. The van der Waals surface area contributed by atoms with Gasteiger partial charge >= 0.3 is 6.03 Å². The molecule has 2 aliphatic heterocycles. The number of halogens is 2. The van der Waals surface area contributed by atoms with Gasteiger partial charge in [0, 0.05) is 57.4 Å². The van der Waals surface area contributed by atoms with E-state index in [1.165, 1.54) is 25.1 Å². The fraction of sp³-hybridized carbons (Fsp3) is 0.440. The average molecular weight is 457 g/mol. The zero-order valence-electron chi connectivity index (χ0n) is 18.9. The molecule has 4 rings (SSSR count). The molecule has 0 spiro atoms. The lowest BCUT2D eigenvalue weighted by Crippen LogP contribution is -2.55. The zero-order chi connectivity index (χ0) is 23.4. The maximum absolute atomic E-state index is 14.4. The Morgan fingerprint density at radius 3 is 2.21 bits per heavy atom. The van der Waals surface area contributed by atoms with Gasteiger partial charge in [-0.3, -0.25) is 9.69 Å². The minimum Gasteiger partial charge on any atom is -0.366 e. The molecule has 2 aromatic rings. The van der Waals surface area contributed by atoms with E-state index in [1.807, 2.05) is 17.0 Å². The number of hydrogen-bond acceptors (Lipinski definition) is 4. The maximum atomic E-state index is 14.4. The van der Waals surface area contributed by atoms with E-state index in [-0.39, 0.29) is 23.7 Å². The van der Waals surface area contributed by atoms with Crippen molar-refractivity contribution in [3.8, 4) is 0 Å². The molecule has 8 heteroatoms. The molecule has 0 radical (unpaired) electrons. The van der Waals surface area contributed by atoms with E-state index in [0.717, 1.165) is 38.0 Å². The first kappa shape index (κ1) is 23.2. The lowest BCUT2D eigenvalue weighted by atomic mass is 10.0. The molecule has 2 amide bonds. The molecule has 6 nitrogen and oxygen atoms in total. The Bertz CT molecular complexity index is 982. The van der Waals surface area contributed by atoms with E-state index in [4.69, 9.17) is 0 Å². The van der Waals surface area contributed by atoms with Crippen LogP contribution in [0.25, 0.3) is 0 Å². The standard InChI is InChI=1S/C25H30F2N4O2/c1-18(32)20-4-7-24(23(27)16-20)30-12-14-31(15-13-30)25(33)28-22-8-10-29(11-9-22)17-19-2-5-21(26)6-3-19/h2-7,16,22H,8-15,17H2,1H3,(H,28,33). The number of anilines is 1. The van der Waals surface area contributed by atoms with Crippen LogP contribution >= 0.6 is 0 Å². The second-order valence-corrected chi connectivity index (χ2v) is 8.82. The van der Waals surface area contributed by atoms with Crippen LogP contribution in [0.4, 0.5) is 19.3 Å². The van der Waals surface area contributed by atoms with Crippen molar-refractivity contribution in [3.63, 3.8) is 0 Å². The third kappa shape index (κ3) is 5.87. The molecular weight excluding hydrogens is 426 g/mol. The van der Waals surface area contributed by atoms with Crippen molar-refractivity contribution >= 4 is 17.5 Å². The summed E-state index contributed by atoms with van der Waals surface area (Å²) in [5.41, 5.74) is 1.91. The topological polar surface area (TPSA) is 55.9 Å². The summed E-state index contributed by atoms with van der Waals surface area (Å²) in [4.78, 5) is 30.2. The third-order valence-electron chi connectivity index (χ3n) is 6.50. The van der Waals surface area contributed by atoms with Gasteiger partial charge in [-0.25, -0.2) is 13.6 Å². The number of nitrogens with one attached hydrogen (secondary N) is 1. The van der Waals surface area contributed by atoms with Gasteiger partial charge in [0.15, 0.2) is 5.78 Å². The van der Waals surface area contributed by atoms with E-state index in [1.54, 1.807) is 17.0 Å². The lowest BCUT2D eigenvalue weighted by Gasteiger charge is -2.38. The van der Waals surface area contributed by atoms with Crippen LogP contribution < -0.4 is 10.2 Å². The molecule has 2 aromatic carbocycles. The SMILES string of the molecule is CC(=O)c1ccc(N2CCN(C(=O)NC3CCN(Cc4ccc(F)cc4)CC3)CC2)c(F)c1. The van der Waals surface area contributed by atoms with Crippen LogP contribution in [0.1, 0.15) is 35.7 Å². The smallest absolute Gasteiger partial charge is 0.317 e. The minimum absolute atomic E-state index is 0.0703. The fourth-order valence-corrected chi connectivity index (χ4v) is 4.48. The first-order valence-electron chi connectivity index (χ1n) is 11.5. The Hall–Kier alpha value is -3.00. The summed E-state index contributed by atoms with van der Waals surface area (Å²) in [6, 6.07) is 11.2. The summed E-state index contributed by atoms with van der Waals surface area (Å²) in [5, 5.41) is 3.15. The fourth-order valence-electron chi connectivity index (χ4n) is 4.48. The number of urea groups is 1. The van der Waals surface area contributed by atoms with Crippen molar-refractivity contribution in [2.45, 2.75) is 32.4 Å². The van der Waals surface area contributed by atoms with Gasteiger partial charge in [0.25, 0.3) is 0 Å². The number of rotatable bonds is 5. The van der Waals surface area contributed by atoms with Crippen LogP contribution in [-0.2, 0) is 6.54 Å². The van der Waals surface area contributed by atoms with Crippen LogP contribution in [0.15, 0.2) is 42.5 Å². The normalized spacial score (nSPS) is 17.8. The van der Waals surface area contributed by atoms with Crippen LogP contribution in [0.3, 0.4) is 0 Å². The predicted octanol–water partition coefficient (Wildman–Crippen LogP) is 3.66. The minimum atomic E-state index is -0.409. The van der Waals surface area contributed by atoms with Crippen LogP contribution in [-0.4, -0.2) is 66.9 Å². The number of piperazine rings is 1. The summed E-state index contributed by atoms with van der Waals surface area (Å²) < 4.78 is 27.5. The number of amides is 2. The highest BCUT2D eigenvalue weighted by atomic mass is 19.1. The lowest BCUT2D eigenvalue weighted by molar-refractivity contribution is 0.101. The number of likely N-dealkylation sites (tertiary alicyclic amines) is 1. The molecule has 2 saturated heterocycles. The third-order valence-corrected chi connectivity index (χ3v) is 6.50. The van der Waals surface area contributed by atoms with Crippen LogP contribution in [0, 0.1) is 11.6 Å². The van der Waals surface area contributed by atoms with Crippen molar-refractivity contribution < 1.29 is 18.4 Å². The van der Waals surface area contributed by atoms with Crippen LogP contribution in [0.5, 0.6) is 0 Å². The molecule has 1 N–H and O–H groups in total. The highest BCUT2D eigenvalue weighted by Crippen LogP contribution is 2.22. The second kappa shape index (κ2) is 10.3. The number of carbonyl (C=O) groups is 2. The van der Waals surface area contributed by atoms with E-state index in [0.29, 0.717) is 37.4 Å². The maximum Gasteiger partial charge on any atom is 0.317 e. The molecule has 0 bridgehead atoms. The number of carbonyl (C=O) groups excluding carboxylic acids is 2. The number of hydrogen-bond donors (Lipinski definition) is 1. The van der Waals surface area contributed by atoms with Gasteiger partial charge < -0.3 is 15.1 Å². The first-order valence-corrected chi connectivity index (χ1v) is 11.5. The Morgan fingerprint density at radius 2 is 1.61 bits per heavy atom. The summed E-state index contributed by atoms with van der Waals surface area (Å²) in [6.07, 6.45) is 1.75. The van der Waals surface area contributed by atoms with Crippen molar-refractivity contribution in [1.82, 2.24) is 15.1 Å². The second-order valence-electron chi connectivity index (χ2n) is 8.82. The molecule has 2 fully saturated rings. The van der Waals surface area contributed by atoms with Gasteiger partial charge in [0.1, 0.15) is 11.6 Å². The summed E-state index contributed by atoms with van der Waals surface area (Å²) >= 11 is 0. The van der Waals surface area contributed by atoms with Gasteiger partial charge in [0.05, 0.1) is 5.69 Å². The van der Waals surface area contributed by atoms with E-state index >= 15 is 0 Å². The molecule has 2 aliphatic rings. The largest absolute Gasteiger partial charge is 0.366 e. The van der Waals surface area contributed by atoms with Gasteiger partial charge in [0.2, 0.25) is 0 Å². The van der Waals surface area contributed by atoms with Crippen molar-refractivity contribution in [1.29, 1.82) is 0 Å². The number of Topliss-reactive ketones (excluding diaryl/α,β-unsaturated/α-hetero) is 1. The molecule has 33 heavy (non-hydrogen) atoms. The van der Waals surface area contributed by atoms with Gasteiger partial charge in [-0.1, -0.05) is 12.1 Å². The molecule has 0 atom stereocenters. The Kier molecular flexibility index (Phi) is 7.23. The summed E-state index contributed by atoms with van der Waals surface area (Å²) in [6.45, 7) is 6.08. The van der Waals surface area contributed by atoms with E-state index < -0.39 is 5.82 Å². The molecule has 0 aromatic heterocycles. The first-order chi connectivity index (χ1) is 15.9.